The molecule has 0 bridgehead atoms. The summed E-state index contributed by atoms with van der Waals surface area (Å²) in [7, 11) is 0. The molecule has 1 aromatic heterocycles. The summed E-state index contributed by atoms with van der Waals surface area (Å²) < 4.78 is 0. The number of hydrogen-bond donors (Lipinski definition) is 1. The number of halogens is 1. The lowest BCUT2D eigenvalue weighted by molar-refractivity contribution is 0.701. The first kappa shape index (κ1) is 11.7. The molecule has 14 heavy (non-hydrogen) atoms. The molecule has 1 heterocycles. The van der Waals surface area contributed by atoms with E-state index in [0.29, 0.717) is 10.9 Å². The maximum absolute atomic E-state index is 5.95. The van der Waals surface area contributed by atoms with Crippen LogP contribution in [0.2, 0.25) is 5.02 Å². The minimum absolute atomic E-state index is 0.647. The third-order valence-corrected chi connectivity index (χ3v) is 3.07. The molecule has 0 spiro atoms. The predicted octanol–water partition coefficient (Wildman–Crippen LogP) is 3.15. The van der Waals surface area contributed by atoms with Crippen molar-refractivity contribution in [1.82, 2.24) is 4.98 Å². The molecular formula is C10H15ClN2S. The van der Waals surface area contributed by atoms with E-state index in [4.69, 9.17) is 11.6 Å². The lowest BCUT2D eigenvalue weighted by atomic mass is 10.2. The van der Waals surface area contributed by atoms with Gasteiger partial charge in [0.15, 0.2) is 0 Å². The molecular weight excluding hydrogens is 216 g/mol. The summed E-state index contributed by atoms with van der Waals surface area (Å²) in [4.78, 5) is 3.93. The molecule has 0 aliphatic rings. The number of thioether (sulfide) groups is 1. The molecule has 1 N–H and O–H groups in total. The quantitative estimate of drug-likeness (QED) is 0.841. The van der Waals surface area contributed by atoms with Gasteiger partial charge in [0.2, 0.25) is 0 Å². The molecule has 1 unspecified atom stereocenters. The number of nitrogens with one attached hydrogen (secondary N) is 1. The third kappa shape index (κ3) is 3.76. The van der Waals surface area contributed by atoms with Crippen LogP contribution >= 0.6 is 23.4 Å². The molecule has 0 saturated heterocycles. The molecule has 0 fully saturated rings. The lowest BCUT2D eigenvalue weighted by Gasteiger charge is -2.12. The fraction of sp³-hybridized carbons (Fsp3) is 0.500. The summed E-state index contributed by atoms with van der Waals surface area (Å²) in [6, 6.07) is 1.90. The summed E-state index contributed by atoms with van der Waals surface area (Å²) in [6.07, 6.45) is 5.52. The van der Waals surface area contributed by atoms with E-state index in [1.54, 1.807) is 12.4 Å². The Hall–Kier alpha value is -0.410. The normalized spacial score (nSPS) is 12.5. The van der Waals surface area contributed by atoms with Gasteiger partial charge in [-0.15, -0.1) is 0 Å². The second-order valence-corrected chi connectivity index (χ2v) is 4.61. The van der Waals surface area contributed by atoms with Crippen LogP contribution in [-0.4, -0.2) is 23.5 Å². The Morgan fingerprint density at radius 3 is 3.07 bits per heavy atom. The number of aromatic nitrogens is 1. The molecule has 1 aromatic rings. The van der Waals surface area contributed by atoms with E-state index in [1.807, 2.05) is 17.8 Å². The molecule has 4 heteroatoms. The van der Waals surface area contributed by atoms with Gasteiger partial charge in [-0.2, -0.15) is 11.8 Å². The van der Waals surface area contributed by atoms with Crippen molar-refractivity contribution in [3.05, 3.63) is 23.5 Å². The zero-order valence-electron chi connectivity index (χ0n) is 8.46. The van der Waals surface area contributed by atoms with Gasteiger partial charge < -0.3 is 5.32 Å². The summed E-state index contributed by atoms with van der Waals surface area (Å²) in [5.41, 5.74) is 0.967. The first-order valence-corrected chi connectivity index (χ1v) is 6.33. The Balaban J connectivity index is 2.41. The van der Waals surface area contributed by atoms with Crippen molar-refractivity contribution in [3.8, 4) is 0 Å². The van der Waals surface area contributed by atoms with Crippen LogP contribution in [0.15, 0.2) is 18.5 Å². The van der Waals surface area contributed by atoms with Gasteiger partial charge in [0.25, 0.3) is 0 Å². The van der Waals surface area contributed by atoms with Gasteiger partial charge in [-0.25, -0.2) is 0 Å². The van der Waals surface area contributed by atoms with Crippen LogP contribution < -0.4 is 5.32 Å². The van der Waals surface area contributed by atoms with Gasteiger partial charge in [-0.1, -0.05) is 18.5 Å². The van der Waals surface area contributed by atoms with E-state index in [0.717, 1.165) is 18.0 Å². The molecule has 0 saturated carbocycles. The van der Waals surface area contributed by atoms with Crippen molar-refractivity contribution in [2.24, 2.45) is 5.92 Å². The van der Waals surface area contributed by atoms with Gasteiger partial charge in [0.05, 0.1) is 10.7 Å². The van der Waals surface area contributed by atoms with Gasteiger partial charge in [-0.3, -0.25) is 4.98 Å². The molecule has 2 nitrogen and oxygen atoms in total. The second-order valence-electron chi connectivity index (χ2n) is 3.30. The Bertz CT molecular complexity index is 281. The van der Waals surface area contributed by atoms with Gasteiger partial charge in [-0.05, 0) is 24.0 Å². The van der Waals surface area contributed by atoms with Gasteiger partial charge >= 0.3 is 0 Å². The smallest absolute Gasteiger partial charge is 0.0820 e. The van der Waals surface area contributed by atoms with Crippen LogP contribution in [0.5, 0.6) is 0 Å². The maximum atomic E-state index is 5.95. The van der Waals surface area contributed by atoms with Crippen LogP contribution in [0.1, 0.15) is 6.92 Å². The third-order valence-electron chi connectivity index (χ3n) is 1.86. The van der Waals surface area contributed by atoms with Crippen molar-refractivity contribution >= 4 is 29.1 Å². The second kappa shape index (κ2) is 6.14. The highest BCUT2D eigenvalue weighted by atomic mass is 35.5. The van der Waals surface area contributed by atoms with Crippen molar-refractivity contribution in [2.75, 3.05) is 23.9 Å². The monoisotopic (exact) mass is 230 g/mol. The minimum atomic E-state index is 0.647. The average Bonchev–Trinajstić information content (AvgIpc) is 2.17. The zero-order valence-corrected chi connectivity index (χ0v) is 10.0. The highest BCUT2D eigenvalue weighted by Crippen LogP contribution is 2.19. The minimum Gasteiger partial charge on any atom is -0.383 e. The molecule has 78 valence electrons. The van der Waals surface area contributed by atoms with E-state index < -0.39 is 0 Å². The summed E-state index contributed by atoms with van der Waals surface area (Å²) in [5.74, 6) is 1.81. The first-order valence-electron chi connectivity index (χ1n) is 4.56. The Morgan fingerprint density at radius 1 is 1.64 bits per heavy atom. The summed E-state index contributed by atoms with van der Waals surface area (Å²) >= 11 is 7.82. The fourth-order valence-corrected chi connectivity index (χ4v) is 2.02. The number of nitrogens with zero attached hydrogens (tertiary/aromatic N) is 1. The van der Waals surface area contributed by atoms with E-state index in [9.17, 15) is 0 Å². The molecule has 1 rings (SSSR count). The summed E-state index contributed by atoms with van der Waals surface area (Å²) in [6.45, 7) is 3.17. The van der Waals surface area contributed by atoms with E-state index >= 15 is 0 Å². The Labute approximate surface area is 94.5 Å². The Kier molecular flexibility index (Phi) is 5.12. The average molecular weight is 231 g/mol. The number of pyridine rings is 1. The van der Waals surface area contributed by atoms with Gasteiger partial charge in [0, 0.05) is 18.9 Å². The number of hydrogen-bond acceptors (Lipinski definition) is 3. The van der Waals surface area contributed by atoms with E-state index in [1.165, 1.54) is 0 Å². The predicted molar refractivity (Wildman–Crippen MR) is 65.3 cm³/mol. The van der Waals surface area contributed by atoms with Crippen molar-refractivity contribution < 1.29 is 0 Å². The summed E-state index contributed by atoms with van der Waals surface area (Å²) in [5, 5.41) is 4.00. The number of rotatable bonds is 5. The Morgan fingerprint density at radius 2 is 2.43 bits per heavy atom. The van der Waals surface area contributed by atoms with Crippen LogP contribution in [0.25, 0.3) is 0 Å². The maximum Gasteiger partial charge on any atom is 0.0820 e. The van der Waals surface area contributed by atoms with Crippen molar-refractivity contribution in [3.63, 3.8) is 0 Å². The molecule has 0 aromatic carbocycles. The van der Waals surface area contributed by atoms with Crippen molar-refractivity contribution in [1.29, 1.82) is 0 Å². The van der Waals surface area contributed by atoms with Crippen LogP contribution in [0, 0.1) is 5.92 Å². The molecule has 1 atom stereocenters. The largest absolute Gasteiger partial charge is 0.383 e. The SMILES string of the molecule is CSCC(C)CNc1ccncc1Cl. The molecule has 0 aliphatic heterocycles. The number of anilines is 1. The fourth-order valence-electron chi connectivity index (χ4n) is 1.15. The highest BCUT2D eigenvalue weighted by Gasteiger charge is 2.02. The first-order chi connectivity index (χ1) is 6.74. The van der Waals surface area contributed by atoms with Crippen LogP contribution in [-0.2, 0) is 0 Å². The standard InChI is InChI=1S/C10H15ClN2S/c1-8(7-14-2)5-13-10-3-4-12-6-9(10)11/h3-4,6,8H,5,7H2,1-2H3,(H,12,13). The zero-order chi connectivity index (χ0) is 10.4. The highest BCUT2D eigenvalue weighted by molar-refractivity contribution is 7.98. The molecule has 0 aliphatic carbocycles. The topological polar surface area (TPSA) is 24.9 Å². The molecule has 0 amide bonds. The van der Waals surface area contributed by atoms with E-state index in [-0.39, 0.29) is 0 Å². The van der Waals surface area contributed by atoms with Crippen LogP contribution in [0.3, 0.4) is 0 Å². The lowest BCUT2D eigenvalue weighted by Crippen LogP contribution is -2.13. The van der Waals surface area contributed by atoms with Crippen LogP contribution in [0.4, 0.5) is 5.69 Å². The molecule has 0 radical (unpaired) electrons. The van der Waals surface area contributed by atoms with Crippen molar-refractivity contribution in [2.45, 2.75) is 6.92 Å². The van der Waals surface area contributed by atoms with E-state index in [2.05, 4.69) is 23.5 Å². The van der Waals surface area contributed by atoms with Gasteiger partial charge in [0.1, 0.15) is 0 Å².